The Balaban J connectivity index is 1.71. The van der Waals surface area contributed by atoms with Crippen molar-refractivity contribution in [2.75, 3.05) is 13.2 Å². The summed E-state index contributed by atoms with van der Waals surface area (Å²) >= 11 is 5.94. The molecule has 3 heterocycles. The number of rotatable bonds is 4. The van der Waals surface area contributed by atoms with E-state index in [2.05, 4.69) is 31.2 Å². The van der Waals surface area contributed by atoms with E-state index < -0.39 is 18.4 Å². The Labute approximate surface area is 135 Å². The van der Waals surface area contributed by atoms with Crippen molar-refractivity contribution in [3.05, 3.63) is 17.4 Å². The molecule has 0 aliphatic carbocycles. The maximum atomic E-state index is 10.8. The van der Waals surface area contributed by atoms with Gasteiger partial charge in [-0.1, -0.05) is 32.4 Å². The third kappa shape index (κ3) is 3.31. The Kier molecular flexibility index (Phi) is 4.49. The highest BCUT2D eigenvalue weighted by atomic mass is 35.5. The highest BCUT2D eigenvalue weighted by molar-refractivity contribution is 6.30. The molecular formula is C15H24ClN3O3. The molecule has 0 spiro atoms. The molecular weight excluding hydrogens is 306 g/mol. The molecule has 0 amide bonds. The summed E-state index contributed by atoms with van der Waals surface area (Å²) in [6.07, 6.45) is 3.02. The molecule has 2 aliphatic rings. The van der Waals surface area contributed by atoms with Crippen LogP contribution >= 0.6 is 11.6 Å². The van der Waals surface area contributed by atoms with Crippen molar-refractivity contribution in [1.29, 1.82) is 0 Å². The van der Waals surface area contributed by atoms with E-state index in [9.17, 15) is 5.11 Å². The van der Waals surface area contributed by atoms with Gasteiger partial charge >= 0.3 is 0 Å². The number of hydrogen-bond donors (Lipinski definition) is 2. The fourth-order valence-corrected chi connectivity index (χ4v) is 3.17. The third-order valence-corrected chi connectivity index (χ3v) is 4.46. The summed E-state index contributed by atoms with van der Waals surface area (Å²) in [4.78, 5) is 0. The van der Waals surface area contributed by atoms with Gasteiger partial charge in [0.15, 0.2) is 6.29 Å². The number of nitrogens with zero attached hydrogens (tertiary/aromatic N) is 2. The van der Waals surface area contributed by atoms with Crippen molar-refractivity contribution < 1.29 is 14.6 Å². The van der Waals surface area contributed by atoms with E-state index in [1.54, 1.807) is 17.1 Å². The van der Waals surface area contributed by atoms with Crippen LogP contribution in [-0.2, 0) is 9.47 Å². The summed E-state index contributed by atoms with van der Waals surface area (Å²) in [5.74, 6) is 0. The van der Waals surface area contributed by atoms with Gasteiger partial charge in [-0.05, 0) is 18.4 Å². The minimum Gasteiger partial charge on any atom is -0.389 e. The van der Waals surface area contributed by atoms with E-state index in [1.165, 1.54) is 0 Å². The topological polar surface area (TPSA) is 68.5 Å². The molecule has 6 nitrogen and oxygen atoms in total. The number of ether oxygens (including phenoxy) is 2. The van der Waals surface area contributed by atoms with Crippen molar-refractivity contribution in [2.45, 2.75) is 57.8 Å². The summed E-state index contributed by atoms with van der Waals surface area (Å²) in [5, 5.41) is 18.9. The Hall–Kier alpha value is -0.660. The van der Waals surface area contributed by atoms with Crippen LogP contribution in [0.2, 0.25) is 5.02 Å². The smallest absolute Gasteiger partial charge is 0.183 e. The number of nitrogens with one attached hydrogen (secondary N) is 1. The Morgan fingerprint density at radius 3 is 2.91 bits per heavy atom. The van der Waals surface area contributed by atoms with Gasteiger partial charge in [-0.2, -0.15) is 5.10 Å². The molecule has 7 heteroatoms. The number of fused-ring (bicyclic) bond motifs is 2. The van der Waals surface area contributed by atoms with Gasteiger partial charge in [0.05, 0.1) is 30.0 Å². The van der Waals surface area contributed by atoms with Gasteiger partial charge in [-0.15, -0.1) is 0 Å². The lowest BCUT2D eigenvalue weighted by molar-refractivity contribution is -0.168. The zero-order chi connectivity index (χ0) is 15.9. The van der Waals surface area contributed by atoms with Gasteiger partial charge in [0.2, 0.25) is 0 Å². The first-order valence-electron chi connectivity index (χ1n) is 7.73. The van der Waals surface area contributed by atoms with Crippen LogP contribution in [0.4, 0.5) is 0 Å². The second-order valence-corrected chi connectivity index (χ2v) is 7.72. The fraction of sp³-hybridized carbons (Fsp3) is 0.800. The number of aliphatic hydroxyl groups is 1. The number of hydrogen-bond acceptors (Lipinski definition) is 5. The quantitative estimate of drug-likeness (QED) is 0.878. The zero-order valence-electron chi connectivity index (χ0n) is 13.2. The zero-order valence-corrected chi connectivity index (χ0v) is 14.0. The Bertz CT molecular complexity index is 516. The van der Waals surface area contributed by atoms with Crippen molar-refractivity contribution >= 4 is 11.6 Å². The summed E-state index contributed by atoms with van der Waals surface area (Å²) in [7, 11) is 0. The molecule has 2 bridgehead atoms. The lowest BCUT2D eigenvalue weighted by Gasteiger charge is -2.39. The third-order valence-electron chi connectivity index (χ3n) is 4.26. The summed E-state index contributed by atoms with van der Waals surface area (Å²) < 4.78 is 13.2. The standard InChI is InChI=1S/C15H24ClN3O3/c1-15(2,3)4-5-17-11-10-8-21-14(22-10)12(13(11)20)19-7-9(16)6-18-19/h6-7,10-14,17,20H,4-5,8H2,1-3H3. The first kappa shape index (κ1) is 16.2. The summed E-state index contributed by atoms with van der Waals surface area (Å²) in [6, 6.07) is -0.563. The fourth-order valence-electron chi connectivity index (χ4n) is 3.03. The van der Waals surface area contributed by atoms with Crippen LogP contribution in [0.15, 0.2) is 12.4 Å². The molecule has 5 atom stereocenters. The van der Waals surface area contributed by atoms with Gasteiger partial charge in [0.25, 0.3) is 0 Å². The molecule has 3 rings (SSSR count). The lowest BCUT2D eigenvalue weighted by Crippen LogP contribution is -2.58. The molecule has 2 fully saturated rings. The lowest BCUT2D eigenvalue weighted by atomic mass is 9.91. The molecule has 0 radical (unpaired) electrons. The van der Waals surface area contributed by atoms with Crippen molar-refractivity contribution in [3.63, 3.8) is 0 Å². The first-order valence-corrected chi connectivity index (χ1v) is 8.11. The van der Waals surface area contributed by atoms with E-state index in [0.717, 1.165) is 13.0 Å². The van der Waals surface area contributed by atoms with Crippen LogP contribution in [0, 0.1) is 5.41 Å². The van der Waals surface area contributed by atoms with Crippen LogP contribution in [0.25, 0.3) is 0 Å². The van der Waals surface area contributed by atoms with Crippen molar-refractivity contribution in [1.82, 2.24) is 15.1 Å². The predicted molar refractivity (Wildman–Crippen MR) is 82.8 cm³/mol. The highest BCUT2D eigenvalue weighted by Gasteiger charge is 2.51. The van der Waals surface area contributed by atoms with Crippen molar-refractivity contribution in [2.24, 2.45) is 5.41 Å². The Morgan fingerprint density at radius 1 is 1.50 bits per heavy atom. The normalized spacial score (nSPS) is 35.0. The van der Waals surface area contributed by atoms with Crippen LogP contribution in [0.3, 0.4) is 0 Å². The molecule has 22 heavy (non-hydrogen) atoms. The molecule has 0 aromatic carbocycles. The second kappa shape index (κ2) is 6.09. The largest absolute Gasteiger partial charge is 0.389 e. The van der Waals surface area contributed by atoms with E-state index >= 15 is 0 Å². The van der Waals surface area contributed by atoms with Crippen LogP contribution in [0.1, 0.15) is 33.2 Å². The van der Waals surface area contributed by atoms with Gasteiger partial charge in [-0.25, -0.2) is 0 Å². The number of aliphatic hydroxyl groups excluding tert-OH is 1. The molecule has 1 aromatic heterocycles. The van der Waals surface area contributed by atoms with E-state index in [1.807, 2.05) is 0 Å². The van der Waals surface area contributed by atoms with Gasteiger partial charge < -0.3 is 19.9 Å². The first-order chi connectivity index (χ1) is 10.3. The number of halogens is 1. The molecule has 2 saturated heterocycles. The predicted octanol–water partition coefficient (Wildman–Crippen LogP) is 1.59. The van der Waals surface area contributed by atoms with Crippen molar-refractivity contribution in [3.8, 4) is 0 Å². The van der Waals surface area contributed by atoms with Gasteiger partial charge in [0.1, 0.15) is 12.1 Å². The van der Waals surface area contributed by atoms with Crippen LogP contribution < -0.4 is 5.32 Å². The monoisotopic (exact) mass is 329 g/mol. The summed E-state index contributed by atoms with van der Waals surface area (Å²) in [5.41, 5.74) is 0.247. The SMILES string of the molecule is CC(C)(C)CCNC1C2COC(O2)C(n2cc(Cl)cn2)C1O. The summed E-state index contributed by atoms with van der Waals surface area (Å²) in [6.45, 7) is 7.91. The minimum absolute atomic E-state index is 0.123. The number of aromatic nitrogens is 2. The van der Waals surface area contributed by atoms with E-state index in [0.29, 0.717) is 11.6 Å². The molecule has 2 aliphatic heterocycles. The Morgan fingerprint density at radius 2 is 2.27 bits per heavy atom. The van der Waals surface area contributed by atoms with Crippen LogP contribution in [-0.4, -0.2) is 52.6 Å². The molecule has 2 N–H and O–H groups in total. The van der Waals surface area contributed by atoms with E-state index in [-0.39, 0.29) is 17.6 Å². The van der Waals surface area contributed by atoms with E-state index in [4.69, 9.17) is 21.1 Å². The maximum absolute atomic E-state index is 10.8. The highest BCUT2D eigenvalue weighted by Crippen LogP contribution is 2.35. The average molecular weight is 330 g/mol. The molecule has 124 valence electrons. The minimum atomic E-state index is -0.637. The molecule has 0 saturated carbocycles. The van der Waals surface area contributed by atoms with Gasteiger partial charge in [-0.3, -0.25) is 4.68 Å². The van der Waals surface area contributed by atoms with Gasteiger partial charge in [0, 0.05) is 6.20 Å². The molecule has 5 unspecified atom stereocenters. The second-order valence-electron chi connectivity index (χ2n) is 7.29. The maximum Gasteiger partial charge on any atom is 0.183 e. The molecule has 1 aromatic rings. The van der Waals surface area contributed by atoms with Crippen LogP contribution in [0.5, 0.6) is 0 Å². The average Bonchev–Trinajstić information content (AvgIpc) is 3.01.